The number of likely N-dealkylation sites (N-methyl/N-ethyl adjacent to an activating group) is 1. The van der Waals surface area contributed by atoms with Crippen LogP contribution in [0.15, 0.2) is 114 Å². The van der Waals surface area contributed by atoms with Gasteiger partial charge in [0.2, 0.25) is 0 Å². The van der Waals surface area contributed by atoms with Crippen molar-refractivity contribution in [3.05, 3.63) is 120 Å². The van der Waals surface area contributed by atoms with E-state index in [2.05, 4.69) is 99.3 Å². The molecule has 0 saturated heterocycles. The van der Waals surface area contributed by atoms with Gasteiger partial charge < -0.3 is 9.87 Å². The number of hydrogen-bond acceptors (Lipinski definition) is 4. The number of hydrogen-bond donors (Lipinski definition) is 1. The Hall–Kier alpha value is -3.71. The first-order valence-electron chi connectivity index (χ1n) is 12.7. The molecule has 4 aromatic rings. The Labute approximate surface area is 226 Å². The van der Waals surface area contributed by atoms with Crippen molar-refractivity contribution >= 4 is 37.8 Å². The summed E-state index contributed by atoms with van der Waals surface area (Å²) in [7, 11) is 0.311. The van der Waals surface area contributed by atoms with E-state index in [1.165, 1.54) is 45.4 Å². The summed E-state index contributed by atoms with van der Waals surface area (Å²) in [5, 5.41) is 6.09. The molecule has 1 aliphatic rings. The van der Waals surface area contributed by atoms with Crippen LogP contribution in [0.1, 0.15) is 30.9 Å². The maximum atomic E-state index is 10.4. The zero-order chi connectivity index (χ0) is 27.3. The van der Waals surface area contributed by atoms with Crippen molar-refractivity contribution in [2.75, 3.05) is 19.4 Å². The van der Waals surface area contributed by atoms with Gasteiger partial charge in [-0.2, -0.15) is 0 Å². The fraction of sp³-hybridized carbons (Fsp3) is 0.188. The molecule has 38 heavy (non-hydrogen) atoms. The number of para-hydroxylation sites is 1. The van der Waals surface area contributed by atoms with Gasteiger partial charge in [-0.3, -0.25) is 4.48 Å². The van der Waals surface area contributed by atoms with Crippen molar-refractivity contribution in [2.45, 2.75) is 31.6 Å². The van der Waals surface area contributed by atoms with E-state index in [0.29, 0.717) is 0 Å². The normalized spacial score (nSPS) is 14.3. The number of aryl methyl sites for hydroxylation is 1. The third-order valence-electron chi connectivity index (χ3n) is 6.80. The highest BCUT2D eigenvalue weighted by atomic mass is 32.2. The molecule has 5 nitrogen and oxygen atoms in total. The Morgan fingerprint density at radius 2 is 1.53 bits per heavy atom. The van der Waals surface area contributed by atoms with Crippen molar-refractivity contribution in [1.29, 1.82) is 0 Å². The van der Waals surface area contributed by atoms with Gasteiger partial charge in [0.05, 0.1) is 24.6 Å². The van der Waals surface area contributed by atoms with Gasteiger partial charge >= 0.3 is 0 Å². The molecule has 1 aliphatic heterocycles. The minimum Gasteiger partial charge on any atom is -0.744 e. The van der Waals surface area contributed by atoms with E-state index in [-0.39, 0.29) is 4.90 Å². The molecule has 4 aromatic carbocycles. The maximum absolute atomic E-state index is 10.4. The average molecular weight is 527 g/mol. The van der Waals surface area contributed by atoms with Gasteiger partial charge in [-0.05, 0) is 54.4 Å². The molecular formula is C32H34N2O3S. The lowest BCUT2D eigenvalue weighted by Gasteiger charge is -2.26. The van der Waals surface area contributed by atoms with Gasteiger partial charge in [0.25, 0.3) is 0 Å². The highest BCUT2D eigenvalue weighted by Crippen LogP contribution is 2.48. The fourth-order valence-electron chi connectivity index (χ4n) is 4.88. The van der Waals surface area contributed by atoms with Crippen LogP contribution in [-0.2, 0) is 10.1 Å². The quantitative estimate of drug-likeness (QED) is 0.209. The van der Waals surface area contributed by atoms with Crippen LogP contribution in [0.5, 0.6) is 0 Å². The van der Waals surface area contributed by atoms with E-state index in [1.54, 1.807) is 12.1 Å². The summed E-state index contributed by atoms with van der Waals surface area (Å²) in [6.45, 7) is 4.08. The number of rotatable bonds is 6. The Kier molecular flexibility index (Phi) is 8.17. The Bertz CT molecular complexity index is 1590. The van der Waals surface area contributed by atoms with Crippen LogP contribution in [0.25, 0.3) is 16.3 Å². The molecule has 0 bridgehead atoms. The molecule has 0 atom stereocenters. The summed E-state index contributed by atoms with van der Waals surface area (Å²) in [6, 6.07) is 29.4. The van der Waals surface area contributed by atoms with Crippen molar-refractivity contribution in [3.63, 3.8) is 0 Å². The van der Waals surface area contributed by atoms with Gasteiger partial charge in [0.15, 0.2) is 0 Å². The number of benzene rings is 4. The van der Waals surface area contributed by atoms with Crippen LogP contribution >= 0.6 is 0 Å². The molecule has 0 saturated carbocycles. The SMILES string of the molecule is CCCC1=C(/C=C/Nc2ccccc2)[N+](C)(C)c2ccc3ccccc3c21.Cc1ccc(S(=O)(=O)[O-])cc1. The second-order valence-corrected chi connectivity index (χ2v) is 11.2. The Balaban J connectivity index is 0.000000257. The molecular weight excluding hydrogens is 492 g/mol. The van der Waals surface area contributed by atoms with E-state index in [4.69, 9.17) is 0 Å². The van der Waals surface area contributed by atoms with Crippen LogP contribution in [0.3, 0.4) is 0 Å². The van der Waals surface area contributed by atoms with E-state index >= 15 is 0 Å². The summed E-state index contributed by atoms with van der Waals surface area (Å²) >= 11 is 0. The van der Waals surface area contributed by atoms with Crippen LogP contribution in [0, 0.1) is 6.92 Å². The molecule has 1 N–H and O–H groups in total. The third-order valence-corrected chi connectivity index (χ3v) is 7.65. The Morgan fingerprint density at radius 3 is 2.18 bits per heavy atom. The standard InChI is InChI=1S/C25H27N2.C7H8O3S/c1-4-10-22-23(17-18-26-20-12-6-5-7-13-20)27(2,3)24-16-15-19-11-8-9-14-21(19)25(22)24;1-6-2-4-7(5-3-6)11(8,9)10/h5-9,11-18,26H,4,10H2,1-3H3;2-5H,1H3,(H,8,9,10)/q+1;/p-1/b18-17+;. The predicted molar refractivity (Wildman–Crippen MR) is 158 cm³/mol. The van der Waals surface area contributed by atoms with E-state index in [9.17, 15) is 13.0 Å². The van der Waals surface area contributed by atoms with Crippen LogP contribution in [0.4, 0.5) is 11.4 Å². The van der Waals surface area contributed by atoms with Crippen molar-refractivity contribution in [3.8, 4) is 0 Å². The van der Waals surface area contributed by atoms with Gasteiger partial charge in [-0.25, -0.2) is 8.42 Å². The minimum absolute atomic E-state index is 0.178. The lowest BCUT2D eigenvalue weighted by molar-refractivity contribution is 0.463. The monoisotopic (exact) mass is 526 g/mol. The molecule has 0 fully saturated rings. The van der Waals surface area contributed by atoms with Gasteiger partial charge in [-0.1, -0.05) is 73.5 Å². The molecule has 0 spiro atoms. The third kappa shape index (κ3) is 5.89. The summed E-state index contributed by atoms with van der Waals surface area (Å²) in [4.78, 5) is -0.178. The predicted octanol–water partition coefficient (Wildman–Crippen LogP) is 7.46. The van der Waals surface area contributed by atoms with E-state index in [0.717, 1.165) is 28.6 Å². The second kappa shape index (κ2) is 11.4. The maximum Gasteiger partial charge on any atom is 0.145 e. The number of anilines is 1. The highest BCUT2D eigenvalue weighted by Gasteiger charge is 2.38. The Morgan fingerprint density at radius 1 is 0.868 bits per heavy atom. The lowest BCUT2D eigenvalue weighted by Crippen LogP contribution is -2.36. The average Bonchev–Trinajstić information content (AvgIpc) is 3.11. The van der Waals surface area contributed by atoms with E-state index in [1.807, 2.05) is 13.0 Å². The lowest BCUT2D eigenvalue weighted by atomic mass is 9.95. The molecule has 0 amide bonds. The molecule has 0 aliphatic carbocycles. The van der Waals surface area contributed by atoms with E-state index < -0.39 is 10.1 Å². The van der Waals surface area contributed by atoms with Gasteiger partial charge in [0, 0.05) is 29.6 Å². The van der Waals surface area contributed by atoms with Crippen LogP contribution in [0.2, 0.25) is 0 Å². The molecule has 0 aromatic heterocycles. The first-order chi connectivity index (χ1) is 18.1. The molecule has 1 heterocycles. The van der Waals surface area contributed by atoms with Gasteiger partial charge in [0.1, 0.15) is 21.5 Å². The van der Waals surface area contributed by atoms with Crippen LogP contribution < -0.4 is 9.80 Å². The number of nitrogens with zero attached hydrogens (tertiary/aromatic N) is 1. The zero-order valence-electron chi connectivity index (χ0n) is 22.3. The molecule has 0 unspecified atom stereocenters. The van der Waals surface area contributed by atoms with Crippen molar-refractivity contribution in [1.82, 2.24) is 4.48 Å². The first kappa shape index (κ1) is 27.3. The summed E-state index contributed by atoms with van der Waals surface area (Å²) in [5.41, 5.74) is 7.69. The summed E-state index contributed by atoms with van der Waals surface area (Å²) in [6.07, 6.45) is 6.57. The number of quaternary nitrogens is 1. The molecule has 196 valence electrons. The highest BCUT2D eigenvalue weighted by molar-refractivity contribution is 7.85. The van der Waals surface area contributed by atoms with Crippen molar-refractivity contribution < 1.29 is 13.0 Å². The largest absolute Gasteiger partial charge is 0.744 e. The number of nitrogens with one attached hydrogen (secondary N) is 1. The smallest absolute Gasteiger partial charge is 0.145 e. The first-order valence-corrected chi connectivity index (χ1v) is 14.1. The summed E-state index contributed by atoms with van der Waals surface area (Å²) < 4.78 is 31.9. The number of fused-ring (bicyclic) bond motifs is 3. The van der Waals surface area contributed by atoms with Crippen molar-refractivity contribution in [2.24, 2.45) is 0 Å². The molecule has 5 rings (SSSR count). The van der Waals surface area contributed by atoms with Gasteiger partial charge in [-0.15, -0.1) is 0 Å². The minimum atomic E-state index is -4.27. The second-order valence-electron chi connectivity index (χ2n) is 9.86. The molecule has 0 radical (unpaired) electrons. The fourth-order valence-corrected chi connectivity index (χ4v) is 5.35. The zero-order valence-corrected chi connectivity index (χ0v) is 23.1. The summed E-state index contributed by atoms with van der Waals surface area (Å²) in [5.74, 6) is 0. The molecule has 6 heteroatoms. The number of allylic oxidation sites excluding steroid dienone is 2. The van der Waals surface area contributed by atoms with Crippen LogP contribution in [-0.4, -0.2) is 27.1 Å². The topological polar surface area (TPSA) is 69.2 Å².